The van der Waals surface area contributed by atoms with Crippen molar-refractivity contribution in [3.63, 3.8) is 0 Å². The van der Waals surface area contributed by atoms with Gasteiger partial charge in [-0.3, -0.25) is 0 Å². The second kappa shape index (κ2) is 9.57. The van der Waals surface area contributed by atoms with Crippen molar-refractivity contribution in [2.45, 2.75) is 25.8 Å². The second-order valence-electron chi connectivity index (χ2n) is 6.13. The van der Waals surface area contributed by atoms with Crippen molar-refractivity contribution in [1.29, 1.82) is 0 Å². The van der Waals surface area contributed by atoms with Crippen LogP contribution >= 0.6 is 7.92 Å². The highest BCUT2D eigenvalue weighted by Gasteiger charge is 2.21. The zero-order valence-corrected chi connectivity index (χ0v) is 15.9. The van der Waals surface area contributed by atoms with E-state index in [1.807, 2.05) is 6.08 Å². The van der Waals surface area contributed by atoms with E-state index in [2.05, 4.69) is 99.2 Å². The van der Waals surface area contributed by atoms with E-state index in [4.69, 9.17) is 0 Å². The Balaban J connectivity index is 2.47. The summed E-state index contributed by atoms with van der Waals surface area (Å²) in [6, 6.07) is 22.3. The van der Waals surface area contributed by atoms with Gasteiger partial charge in [0.05, 0.1) is 0 Å². The molecule has 1 atom stereocenters. The third-order valence-electron chi connectivity index (χ3n) is 4.27. The molecule has 0 aliphatic heterocycles. The fourth-order valence-corrected chi connectivity index (χ4v) is 5.49. The van der Waals surface area contributed by atoms with Gasteiger partial charge >= 0.3 is 0 Å². The maximum atomic E-state index is 3.97. The van der Waals surface area contributed by atoms with Crippen LogP contribution in [0, 0.1) is 0 Å². The van der Waals surface area contributed by atoms with Crippen molar-refractivity contribution in [2.75, 3.05) is 14.1 Å². The van der Waals surface area contributed by atoms with Crippen LogP contribution < -0.4 is 10.6 Å². The molecule has 0 radical (unpaired) electrons. The molecule has 0 spiro atoms. The molecule has 0 amide bonds. The summed E-state index contributed by atoms with van der Waals surface area (Å²) in [5.41, 5.74) is 0. The Hall–Kier alpha value is -1.69. The highest BCUT2D eigenvalue weighted by atomic mass is 31.1. The second-order valence-corrected chi connectivity index (χ2v) is 8.41. The minimum atomic E-state index is -0.520. The van der Waals surface area contributed by atoms with Crippen molar-refractivity contribution in [3.05, 3.63) is 84.7 Å². The molecule has 2 aromatic carbocycles. The molecule has 2 rings (SSSR count). The lowest BCUT2D eigenvalue weighted by molar-refractivity contribution is 0.286. The Kier molecular flexibility index (Phi) is 7.43. The van der Waals surface area contributed by atoms with Crippen LogP contribution in [0.5, 0.6) is 0 Å². The van der Waals surface area contributed by atoms with Gasteiger partial charge in [-0.05, 0) is 50.8 Å². The predicted molar refractivity (Wildman–Crippen MR) is 110 cm³/mol. The molecule has 0 heterocycles. The van der Waals surface area contributed by atoms with Crippen molar-refractivity contribution in [3.8, 4) is 0 Å². The average Bonchev–Trinajstić information content (AvgIpc) is 2.61. The number of hydrogen-bond acceptors (Lipinski definition) is 1. The Morgan fingerprint density at radius 1 is 1.00 bits per heavy atom. The van der Waals surface area contributed by atoms with Gasteiger partial charge in [-0.2, -0.15) is 0 Å². The molecule has 0 aliphatic rings. The number of nitrogens with zero attached hydrogens (tertiary/aromatic N) is 1. The van der Waals surface area contributed by atoms with Crippen molar-refractivity contribution in [2.24, 2.45) is 0 Å². The summed E-state index contributed by atoms with van der Waals surface area (Å²) in [6.45, 7) is 6.24. The van der Waals surface area contributed by atoms with E-state index >= 15 is 0 Å². The van der Waals surface area contributed by atoms with Gasteiger partial charge in [-0.15, -0.1) is 0 Å². The average molecular weight is 337 g/mol. The number of rotatable bonds is 8. The third-order valence-corrected chi connectivity index (χ3v) is 6.81. The summed E-state index contributed by atoms with van der Waals surface area (Å²) in [7, 11) is 3.83. The molecule has 2 aromatic rings. The molecule has 0 saturated carbocycles. The number of hydrogen-bond donors (Lipinski definition) is 0. The highest BCUT2D eigenvalue weighted by Crippen LogP contribution is 2.45. The molecule has 0 unspecified atom stereocenters. The fourth-order valence-electron chi connectivity index (χ4n) is 2.94. The molecule has 24 heavy (non-hydrogen) atoms. The first-order chi connectivity index (χ1) is 11.7. The van der Waals surface area contributed by atoms with Gasteiger partial charge in [0.25, 0.3) is 0 Å². The van der Waals surface area contributed by atoms with E-state index in [0.29, 0.717) is 6.04 Å². The molecule has 0 saturated heterocycles. The summed E-state index contributed by atoms with van der Waals surface area (Å²) < 4.78 is 0. The SMILES string of the molecule is C=C/C=C(\C[C@@H](CC)N(C)C)P(c1ccccc1)c1ccccc1. The largest absolute Gasteiger partial charge is 0.306 e. The van der Waals surface area contributed by atoms with Crippen LogP contribution in [0.3, 0.4) is 0 Å². The van der Waals surface area contributed by atoms with Crippen LogP contribution in [0.1, 0.15) is 19.8 Å². The van der Waals surface area contributed by atoms with Crippen LogP contribution in [-0.2, 0) is 0 Å². The van der Waals surface area contributed by atoms with Crippen LogP contribution in [0.15, 0.2) is 84.7 Å². The predicted octanol–water partition coefficient (Wildman–Crippen LogP) is 4.92. The first-order valence-corrected chi connectivity index (χ1v) is 9.89. The summed E-state index contributed by atoms with van der Waals surface area (Å²) in [4.78, 5) is 2.33. The van der Waals surface area contributed by atoms with E-state index in [0.717, 1.165) is 12.8 Å². The zero-order valence-electron chi connectivity index (χ0n) is 15.0. The molecular weight excluding hydrogens is 309 g/mol. The fraction of sp³-hybridized carbons (Fsp3) is 0.273. The molecule has 0 fully saturated rings. The summed E-state index contributed by atoms with van der Waals surface area (Å²) in [5, 5.41) is 4.29. The molecule has 0 N–H and O–H groups in total. The van der Waals surface area contributed by atoms with Gasteiger partial charge in [0.2, 0.25) is 0 Å². The van der Waals surface area contributed by atoms with Gasteiger partial charge in [-0.25, -0.2) is 0 Å². The number of allylic oxidation sites excluding steroid dienone is 2. The molecule has 126 valence electrons. The van der Waals surface area contributed by atoms with Crippen molar-refractivity contribution < 1.29 is 0 Å². The Morgan fingerprint density at radius 3 is 1.88 bits per heavy atom. The first-order valence-electron chi connectivity index (χ1n) is 8.55. The molecule has 0 aliphatic carbocycles. The lowest BCUT2D eigenvalue weighted by Crippen LogP contribution is -2.28. The minimum Gasteiger partial charge on any atom is -0.306 e. The van der Waals surface area contributed by atoms with Gasteiger partial charge in [-0.1, -0.05) is 86.3 Å². The third kappa shape index (κ3) is 4.90. The Morgan fingerprint density at radius 2 is 1.50 bits per heavy atom. The smallest absolute Gasteiger partial charge is 0.0128 e. The van der Waals surface area contributed by atoms with E-state index in [9.17, 15) is 0 Å². The Bertz CT molecular complexity index is 607. The number of benzene rings is 2. The highest BCUT2D eigenvalue weighted by molar-refractivity contribution is 7.76. The quantitative estimate of drug-likeness (QED) is 0.488. The summed E-state index contributed by atoms with van der Waals surface area (Å²) in [6.07, 6.45) is 6.40. The van der Waals surface area contributed by atoms with Crippen LogP contribution in [0.2, 0.25) is 0 Å². The van der Waals surface area contributed by atoms with Crippen LogP contribution in [0.4, 0.5) is 0 Å². The van der Waals surface area contributed by atoms with E-state index in [1.54, 1.807) is 0 Å². The van der Waals surface area contributed by atoms with Crippen LogP contribution in [0.25, 0.3) is 0 Å². The Labute approximate surface area is 148 Å². The molecular formula is C22H28NP. The van der Waals surface area contributed by atoms with Crippen molar-refractivity contribution >= 4 is 18.5 Å². The summed E-state index contributed by atoms with van der Waals surface area (Å²) in [5.74, 6) is 0. The zero-order chi connectivity index (χ0) is 17.4. The van der Waals surface area contributed by atoms with Gasteiger partial charge in [0.15, 0.2) is 0 Å². The molecule has 2 heteroatoms. The topological polar surface area (TPSA) is 3.24 Å². The summed E-state index contributed by atoms with van der Waals surface area (Å²) >= 11 is 0. The minimum absolute atomic E-state index is 0.520. The first kappa shape index (κ1) is 18.6. The molecule has 0 aromatic heterocycles. The lowest BCUT2D eigenvalue weighted by Gasteiger charge is -2.29. The standard InChI is InChI=1S/C22H28NP/c1-5-13-22(18-19(6-2)23(3)4)24(20-14-9-7-10-15-20)21-16-11-8-12-17-21/h5,7-17,19H,1,6,18H2,2-4H3/b22-13+/t19-/m1/s1. The van der Waals surface area contributed by atoms with Crippen molar-refractivity contribution in [1.82, 2.24) is 4.90 Å². The van der Waals surface area contributed by atoms with Crippen LogP contribution in [-0.4, -0.2) is 25.0 Å². The van der Waals surface area contributed by atoms with E-state index in [-0.39, 0.29) is 0 Å². The molecule has 1 nitrogen and oxygen atoms in total. The molecule has 0 bridgehead atoms. The van der Waals surface area contributed by atoms with E-state index < -0.39 is 7.92 Å². The maximum absolute atomic E-state index is 3.97. The lowest BCUT2D eigenvalue weighted by atomic mass is 10.1. The monoisotopic (exact) mass is 337 g/mol. The van der Waals surface area contributed by atoms with Gasteiger partial charge in [0, 0.05) is 6.04 Å². The maximum Gasteiger partial charge on any atom is 0.0128 e. The normalized spacial score (nSPS) is 13.3. The van der Waals surface area contributed by atoms with Gasteiger partial charge < -0.3 is 4.90 Å². The van der Waals surface area contributed by atoms with Gasteiger partial charge in [0.1, 0.15) is 0 Å². The van der Waals surface area contributed by atoms with E-state index in [1.165, 1.54) is 15.9 Å².